The molecule has 1 aromatic carbocycles. The van der Waals surface area contributed by atoms with Crippen LogP contribution in [-0.4, -0.2) is 74.6 Å². The Kier molecular flexibility index (Phi) is 17.6. The molecule has 0 saturated carbocycles. The van der Waals surface area contributed by atoms with E-state index in [-0.39, 0.29) is 29.2 Å². The van der Waals surface area contributed by atoms with E-state index in [4.69, 9.17) is 4.74 Å². The summed E-state index contributed by atoms with van der Waals surface area (Å²) >= 11 is 1.36. The highest BCUT2D eigenvalue weighted by Crippen LogP contribution is 2.22. The summed E-state index contributed by atoms with van der Waals surface area (Å²) in [4.78, 5) is 68.5. The van der Waals surface area contributed by atoms with Gasteiger partial charge in [0.1, 0.15) is 29.9 Å². The number of halogens is 2. The Morgan fingerprint density at radius 1 is 1.14 bits per heavy atom. The van der Waals surface area contributed by atoms with Crippen LogP contribution in [0, 0.1) is 17.6 Å². The van der Waals surface area contributed by atoms with Crippen molar-refractivity contribution in [2.75, 3.05) is 13.1 Å². The van der Waals surface area contributed by atoms with Crippen molar-refractivity contribution in [3.05, 3.63) is 51.6 Å². The molecule has 1 aliphatic rings. The highest BCUT2D eigenvalue weighted by molar-refractivity contribution is 7.13. The van der Waals surface area contributed by atoms with E-state index >= 15 is 0 Å². The SMILES string of the molecule is CC.CC.CCC(C)C(NC(=O)C1CCCN1C(=O)CNC(=O)OC(C)(C)C)C(=O)O.O=c1[nH]c2cc(F)c(F)cc2nc1-c1cccs1. The number of alkyl carbamates (subject to hydrolysis) is 1. The first-order chi connectivity index (χ1) is 23.1. The van der Waals surface area contributed by atoms with E-state index in [1.165, 1.54) is 16.2 Å². The Bertz CT molecular complexity index is 1590. The maximum atomic E-state index is 13.1. The monoisotopic (exact) mass is 709 g/mol. The van der Waals surface area contributed by atoms with Crippen LogP contribution in [-0.2, 0) is 19.1 Å². The number of carboxylic acids is 1. The average molecular weight is 710 g/mol. The fourth-order valence-corrected chi connectivity index (χ4v) is 5.21. The lowest BCUT2D eigenvalue weighted by Crippen LogP contribution is -2.54. The number of benzene rings is 1. The molecule has 3 heterocycles. The first kappa shape index (κ1) is 42.6. The van der Waals surface area contributed by atoms with Gasteiger partial charge in [0.15, 0.2) is 11.6 Å². The summed E-state index contributed by atoms with van der Waals surface area (Å²) in [6.45, 7) is 16.8. The number of aliphatic carboxylic acids is 1. The smallest absolute Gasteiger partial charge is 0.408 e. The number of fused-ring (bicyclic) bond motifs is 1. The van der Waals surface area contributed by atoms with Gasteiger partial charge in [-0.3, -0.25) is 14.4 Å². The number of aromatic amines is 1. The predicted molar refractivity (Wildman–Crippen MR) is 186 cm³/mol. The van der Waals surface area contributed by atoms with E-state index in [1.807, 2.05) is 40.0 Å². The van der Waals surface area contributed by atoms with Crippen LogP contribution in [0.3, 0.4) is 0 Å². The molecule has 1 fully saturated rings. The fourth-order valence-electron chi connectivity index (χ4n) is 4.50. The number of amides is 3. The number of ether oxygens (including phenoxy) is 1. The number of aromatic nitrogens is 2. The molecule has 1 saturated heterocycles. The lowest BCUT2D eigenvalue weighted by atomic mass is 9.99. The zero-order valence-corrected chi connectivity index (χ0v) is 30.4. The van der Waals surface area contributed by atoms with Crippen molar-refractivity contribution in [2.24, 2.45) is 5.92 Å². The van der Waals surface area contributed by atoms with Crippen LogP contribution in [0.25, 0.3) is 21.6 Å². The third kappa shape index (κ3) is 12.9. The number of H-pyrrole nitrogens is 1. The zero-order chi connectivity index (χ0) is 37.5. The minimum Gasteiger partial charge on any atom is -0.480 e. The van der Waals surface area contributed by atoms with Gasteiger partial charge in [-0.15, -0.1) is 11.3 Å². The number of carbonyl (C=O) groups is 4. The van der Waals surface area contributed by atoms with Crippen LogP contribution in [0.15, 0.2) is 34.4 Å². The van der Waals surface area contributed by atoms with E-state index in [1.54, 1.807) is 39.8 Å². The van der Waals surface area contributed by atoms with Crippen LogP contribution in [0.1, 0.15) is 81.6 Å². The first-order valence-electron chi connectivity index (χ1n) is 16.3. The number of carboxylic acid groups (broad SMARTS) is 1. The van der Waals surface area contributed by atoms with Gasteiger partial charge >= 0.3 is 12.1 Å². The minimum atomic E-state index is -1.10. The van der Waals surface area contributed by atoms with E-state index in [0.29, 0.717) is 30.7 Å². The van der Waals surface area contributed by atoms with Crippen molar-refractivity contribution >= 4 is 46.2 Å². The van der Waals surface area contributed by atoms with Crippen molar-refractivity contribution in [2.45, 2.75) is 99.3 Å². The first-order valence-corrected chi connectivity index (χ1v) is 17.2. The zero-order valence-electron chi connectivity index (χ0n) is 29.6. The van der Waals surface area contributed by atoms with Crippen LogP contribution in [0.2, 0.25) is 0 Å². The molecule has 0 aliphatic carbocycles. The molecule has 4 rings (SSSR count). The molecule has 3 aromatic rings. The molecular formula is C34H49F2N5O7S. The number of hydrogen-bond donors (Lipinski definition) is 4. The van der Waals surface area contributed by atoms with E-state index < -0.39 is 58.8 Å². The highest BCUT2D eigenvalue weighted by Gasteiger charge is 2.36. The second-order valence-electron chi connectivity index (χ2n) is 11.5. The van der Waals surface area contributed by atoms with Gasteiger partial charge in [-0.25, -0.2) is 23.4 Å². The second kappa shape index (κ2) is 20.2. The molecule has 3 unspecified atom stereocenters. The summed E-state index contributed by atoms with van der Waals surface area (Å²) in [7, 11) is 0. The molecule has 0 radical (unpaired) electrons. The average Bonchev–Trinajstić information content (AvgIpc) is 3.77. The van der Waals surface area contributed by atoms with Crippen molar-refractivity contribution in [1.82, 2.24) is 25.5 Å². The van der Waals surface area contributed by atoms with Gasteiger partial charge in [0, 0.05) is 18.7 Å². The third-order valence-corrected chi connectivity index (χ3v) is 7.80. The molecule has 2 aromatic heterocycles. The fraction of sp³-hybridized carbons (Fsp3) is 0.529. The highest BCUT2D eigenvalue weighted by atomic mass is 32.1. The van der Waals surface area contributed by atoms with Crippen molar-refractivity contribution in [1.29, 1.82) is 0 Å². The normalized spacial score (nSPS) is 14.8. The summed E-state index contributed by atoms with van der Waals surface area (Å²) in [6.07, 6.45) is 0.984. The number of likely N-dealkylation sites (tertiary alicyclic amines) is 1. The van der Waals surface area contributed by atoms with Crippen molar-refractivity contribution < 1.29 is 37.8 Å². The van der Waals surface area contributed by atoms with Gasteiger partial charge in [-0.2, -0.15) is 0 Å². The van der Waals surface area contributed by atoms with Crippen LogP contribution < -0.4 is 16.2 Å². The third-order valence-electron chi connectivity index (χ3n) is 6.92. The number of nitrogens with zero attached hydrogens (tertiary/aromatic N) is 2. The molecule has 3 atom stereocenters. The number of nitrogens with one attached hydrogen (secondary N) is 3. The molecule has 15 heteroatoms. The van der Waals surface area contributed by atoms with Gasteiger partial charge in [0.2, 0.25) is 11.8 Å². The molecule has 12 nitrogen and oxygen atoms in total. The Morgan fingerprint density at radius 3 is 2.33 bits per heavy atom. The molecule has 1 aliphatic heterocycles. The second-order valence-corrected chi connectivity index (χ2v) is 12.4. The molecule has 49 heavy (non-hydrogen) atoms. The topological polar surface area (TPSA) is 171 Å². The Balaban J connectivity index is 0.000000469. The Morgan fingerprint density at radius 2 is 1.78 bits per heavy atom. The largest absolute Gasteiger partial charge is 0.480 e. The summed E-state index contributed by atoms with van der Waals surface area (Å²) in [5, 5.41) is 16.1. The Hall–Kier alpha value is -4.40. The quantitative estimate of drug-likeness (QED) is 0.217. The van der Waals surface area contributed by atoms with Crippen LogP contribution in [0.5, 0.6) is 0 Å². The lowest BCUT2D eigenvalue weighted by Gasteiger charge is -2.27. The standard InChI is InChI=1S/C18H31N3O6.C12H6F2N2OS.2C2H6/c1-6-11(2)14(16(24)25)20-15(23)12-8-7-9-21(12)13(22)10-19-17(26)27-18(3,4)5;13-6-4-8-9(5-7(6)14)16-12(17)11(15-8)10-2-1-3-18-10;2*1-2/h11-12,14H,6-10H2,1-5H3,(H,19,26)(H,20,23)(H,24,25);1-5H,(H,16,17);2*1-2H3. The van der Waals surface area contributed by atoms with E-state index in [0.717, 1.165) is 12.1 Å². The van der Waals surface area contributed by atoms with Crippen molar-refractivity contribution in [3.8, 4) is 10.6 Å². The molecular weight excluding hydrogens is 660 g/mol. The Labute approximate surface area is 289 Å². The van der Waals surface area contributed by atoms with E-state index in [9.17, 15) is 37.9 Å². The van der Waals surface area contributed by atoms with Gasteiger partial charge in [0.05, 0.1) is 15.9 Å². The molecule has 0 bridgehead atoms. The molecule has 4 N–H and O–H groups in total. The summed E-state index contributed by atoms with van der Waals surface area (Å²) in [5.74, 6) is -4.21. The van der Waals surface area contributed by atoms with E-state index in [2.05, 4.69) is 20.6 Å². The number of rotatable bonds is 8. The molecule has 3 amide bonds. The number of hydrogen-bond acceptors (Lipinski definition) is 8. The van der Waals surface area contributed by atoms with Crippen LogP contribution in [0.4, 0.5) is 13.6 Å². The molecule has 0 spiro atoms. The number of thiophene rings is 1. The predicted octanol–water partition coefficient (Wildman–Crippen LogP) is 6.10. The van der Waals surface area contributed by atoms with Gasteiger partial charge in [-0.1, -0.05) is 54.0 Å². The van der Waals surface area contributed by atoms with Crippen LogP contribution >= 0.6 is 11.3 Å². The van der Waals surface area contributed by atoms with Gasteiger partial charge in [-0.05, 0) is 51.0 Å². The minimum absolute atomic E-state index is 0.180. The lowest BCUT2D eigenvalue weighted by molar-refractivity contribution is -0.145. The summed E-state index contributed by atoms with van der Waals surface area (Å²) in [5.41, 5.74) is -0.485. The van der Waals surface area contributed by atoms with Crippen molar-refractivity contribution in [3.63, 3.8) is 0 Å². The van der Waals surface area contributed by atoms with Gasteiger partial charge in [0.25, 0.3) is 5.56 Å². The summed E-state index contributed by atoms with van der Waals surface area (Å²) in [6, 6.07) is 3.70. The number of carbonyl (C=O) groups excluding carboxylic acids is 3. The maximum absolute atomic E-state index is 13.1. The summed E-state index contributed by atoms with van der Waals surface area (Å²) < 4.78 is 31.2. The van der Waals surface area contributed by atoms with Gasteiger partial charge < -0.3 is 30.4 Å². The molecule has 272 valence electrons. The maximum Gasteiger partial charge on any atom is 0.408 e.